The summed E-state index contributed by atoms with van der Waals surface area (Å²) in [5, 5.41) is 21.4. The van der Waals surface area contributed by atoms with Crippen LogP contribution in [0.25, 0.3) is 0 Å². The van der Waals surface area contributed by atoms with Gasteiger partial charge < -0.3 is 14.6 Å². The van der Waals surface area contributed by atoms with Crippen molar-refractivity contribution in [3.05, 3.63) is 73.3 Å². The molecule has 4 heteroatoms. The van der Waals surface area contributed by atoms with Crippen molar-refractivity contribution in [2.75, 3.05) is 6.61 Å². The fourth-order valence-electron chi connectivity index (χ4n) is 3.45. The predicted octanol–water partition coefficient (Wildman–Crippen LogP) is 2.86. The molecule has 26 heavy (non-hydrogen) atoms. The molecule has 0 fully saturated rings. The highest BCUT2D eigenvalue weighted by Gasteiger charge is 2.51. The van der Waals surface area contributed by atoms with Crippen LogP contribution < -0.4 is 10.4 Å². The maximum Gasteiger partial charge on any atom is 0.261 e. The number of benzene rings is 2. The molecule has 0 unspecified atom stereocenters. The minimum Gasteiger partial charge on any atom is -0.401 e. The summed E-state index contributed by atoms with van der Waals surface area (Å²) < 4.78 is 6.85. The van der Waals surface area contributed by atoms with Crippen molar-refractivity contribution in [1.29, 1.82) is 0 Å². The lowest BCUT2D eigenvalue weighted by Crippen LogP contribution is -2.67. The third-order valence-electron chi connectivity index (χ3n) is 4.72. The molecule has 140 valence electrons. The molecule has 0 aromatic heterocycles. The van der Waals surface area contributed by atoms with Gasteiger partial charge in [-0.1, -0.05) is 87.5 Å². The molecule has 0 spiro atoms. The van der Waals surface area contributed by atoms with Crippen molar-refractivity contribution in [2.45, 2.75) is 44.4 Å². The van der Waals surface area contributed by atoms with E-state index in [1.807, 2.05) is 36.4 Å². The van der Waals surface area contributed by atoms with Gasteiger partial charge in [-0.15, -0.1) is 6.58 Å². The molecule has 0 bridgehead atoms. The van der Waals surface area contributed by atoms with Crippen LogP contribution in [-0.4, -0.2) is 37.3 Å². The highest BCUT2D eigenvalue weighted by atomic mass is 28.4. The Morgan fingerprint density at radius 3 is 1.81 bits per heavy atom. The van der Waals surface area contributed by atoms with E-state index < -0.39 is 14.4 Å². The Balaban J connectivity index is 2.62. The first-order valence-corrected chi connectivity index (χ1v) is 11.0. The highest BCUT2D eigenvalue weighted by Crippen LogP contribution is 2.38. The summed E-state index contributed by atoms with van der Waals surface area (Å²) >= 11 is 0. The van der Waals surface area contributed by atoms with Gasteiger partial charge in [-0.05, 0) is 15.4 Å². The molecule has 0 saturated heterocycles. The van der Waals surface area contributed by atoms with Crippen LogP contribution in [0.15, 0.2) is 73.3 Å². The lowest BCUT2D eigenvalue weighted by molar-refractivity contribution is 0.0595. The first-order valence-electron chi connectivity index (χ1n) is 9.05. The van der Waals surface area contributed by atoms with Gasteiger partial charge in [0.25, 0.3) is 8.32 Å². The summed E-state index contributed by atoms with van der Waals surface area (Å²) in [6, 6.07) is 20.7. The molecule has 0 aliphatic heterocycles. The lowest BCUT2D eigenvalue weighted by atomic mass is 10.2. The molecule has 0 radical (unpaired) electrons. The summed E-state index contributed by atoms with van der Waals surface area (Å²) in [4.78, 5) is 0. The first kappa shape index (κ1) is 20.6. The minimum atomic E-state index is -2.68. The third-order valence-corrected chi connectivity index (χ3v) is 9.78. The van der Waals surface area contributed by atoms with E-state index in [9.17, 15) is 10.2 Å². The summed E-state index contributed by atoms with van der Waals surface area (Å²) in [5.74, 6) is 0. The highest BCUT2D eigenvalue weighted by molar-refractivity contribution is 6.99. The van der Waals surface area contributed by atoms with Crippen LogP contribution >= 0.6 is 0 Å². The maximum absolute atomic E-state index is 9.94. The van der Waals surface area contributed by atoms with Gasteiger partial charge in [0.15, 0.2) is 0 Å². The first-order chi connectivity index (χ1) is 12.3. The van der Waals surface area contributed by atoms with Gasteiger partial charge in [0.05, 0.1) is 18.8 Å². The Labute approximate surface area is 158 Å². The van der Waals surface area contributed by atoms with Crippen LogP contribution in [-0.2, 0) is 4.43 Å². The molecule has 2 N–H and O–H groups in total. The zero-order valence-corrected chi connectivity index (χ0v) is 16.9. The van der Waals surface area contributed by atoms with Crippen LogP contribution in [0.5, 0.6) is 0 Å². The van der Waals surface area contributed by atoms with E-state index in [-0.39, 0.29) is 17.7 Å². The monoisotopic (exact) mass is 370 g/mol. The summed E-state index contributed by atoms with van der Waals surface area (Å²) in [7, 11) is -2.68. The number of hydrogen-bond donors (Lipinski definition) is 2. The molecule has 0 aliphatic carbocycles. The van der Waals surface area contributed by atoms with Crippen molar-refractivity contribution in [1.82, 2.24) is 0 Å². The normalized spacial score (nSPS) is 14.7. The molecule has 2 aromatic rings. The molecule has 0 heterocycles. The summed E-state index contributed by atoms with van der Waals surface area (Å²) in [5.41, 5.74) is 0. The van der Waals surface area contributed by atoms with Gasteiger partial charge in [-0.25, -0.2) is 0 Å². The molecule has 0 aliphatic rings. The average molecular weight is 371 g/mol. The smallest absolute Gasteiger partial charge is 0.261 e. The minimum absolute atomic E-state index is 0.138. The van der Waals surface area contributed by atoms with Crippen LogP contribution in [0.1, 0.15) is 27.2 Å². The number of aliphatic hydroxyl groups is 2. The van der Waals surface area contributed by atoms with Gasteiger partial charge in [0.2, 0.25) is 0 Å². The molecular weight excluding hydrogens is 340 g/mol. The molecule has 0 saturated carbocycles. The Hall–Kier alpha value is -1.72. The number of rotatable bonds is 8. The van der Waals surface area contributed by atoms with Crippen LogP contribution in [0.2, 0.25) is 5.04 Å². The van der Waals surface area contributed by atoms with Crippen molar-refractivity contribution in [3.8, 4) is 0 Å². The Morgan fingerprint density at radius 1 is 1.00 bits per heavy atom. The molecule has 3 nitrogen and oxygen atoms in total. The van der Waals surface area contributed by atoms with Crippen LogP contribution in [0.3, 0.4) is 0 Å². The van der Waals surface area contributed by atoms with Crippen molar-refractivity contribution in [2.24, 2.45) is 0 Å². The van der Waals surface area contributed by atoms with Gasteiger partial charge in [-0.3, -0.25) is 0 Å². The zero-order chi connectivity index (χ0) is 19.2. The van der Waals surface area contributed by atoms with Crippen LogP contribution in [0.4, 0.5) is 0 Å². The molecule has 2 rings (SSSR count). The zero-order valence-electron chi connectivity index (χ0n) is 15.9. The SMILES string of the molecule is C=C[C@H](C[C@H](O)CO)O[Si](c1ccccc1)(c1ccccc1)C(C)(C)C. The van der Waals surface area contributed by atoms with Crippen molar-refractivity contribution < 1.29 is 14.6 Å². The summed E-state index contributed by atoms with van der Waals surface area (Å²) in [6.07, 6.45) is 0.891. The van der Waals surface area contributed by atoms with E-state index in [4.69, 9.17) is 4.43 Å². The number of hydrogen-bond acceptors (Lipinski definition) is 3. The third kappa shape index (κ3) is 4.33. The van der Waals surface area contributed by atoms with E-state index in [2.05, 4.69) is 51.6 Å². The van der Waals surface area contributed by atoms with E-state index in [1.54, 1.807) is 6.08 Å². The fourth-order valence-corrected chi connectivity index (χ4v) is 8.11. The predicted molar refractivity (Wildman–Crippen MR) is 110 cm³/mol. The Bertz CT molecular complexity index is 640. The quantitative estimate of drug-likeness (QED) is 0.555. The second-order valence-electron chi connectivity index (χ2n) is 7.63. The fraction of sp³-hybridized carbons (Fsp3) is 0.364. The van der Waals surface area contributed by atoms with E-state index in [1.165, 1.54) is 10.4 Å². The van der Waals surface area contributed by atoms with Crippen molar-refractivity contribution in [3.63, 3.8) is 0 Å². The Morgan fingerprint density at radius 2 is 1.46 bits per heavy atom. The van der Waals surface area contributed by atoms with Gasteiger partial charge in [0.1, 0.15) is 0 Å². The average Bonchev–Trinajstić information content (AvgIpc) is 2.65. The number of aliphatic hydroxyl groups excluding tert-OH is 2. The molecular formula is C22H30O3Si. The van der Waals surface area contributed by atoms with Crippen LogP contribution in [0, 0.1) is 0 Å². The second kappa shape index (κ2) is 8.78. The van der Waals surface area contributed by atoms with E-state index in [0.29, 0.717) is 6.42 Å². The molecule has 0 amide bonds. The Kier molecular flexibility index (Phi) is 6.95. The topological polar surface area (TPSA) is 49.7 Å². The largest absolute Gasteiger partial charge is 0.401 e. The lowest BCUT2D eigenvalue weighted by Gasteiger charge is -2.45. The molecule has 2 atom stereocenters. The summed E-state index contributed by atoms with van der Waals surface area (Å²) in [6.45, 7) is 10.3. The standard InChI is InChI=1S/C22H30O3Si/c1-5-19(16-18(24)17-23)25-26(22(2,3)4,20-12-8-6-9-13-20)21-14-10-7-11-15-21/h5-15,18-19,23-24H,1,16-17H2,2-4H3/t18-,19+/m0/s1. The van der Waals surface area contributed by atoms with Gasteiger partial charge >= 0.3 is 0 Å². The second-order valence-corrected chi connectivity index (χ2v) is 11.9. The molecule has 2 aromatic carbocycles. The van der Waals surface area contributed by atoms with E-state index >= 15 is 0 Å². The van der Waals surface area contributed by atoms with E-state index in [0.717, 1.165) is 0 Å². The van der Waals surface area contributed by atoms with Gasteiger partial charge in [0, 0.05) is 6.42 Å². The van der Waals surface area contributed by atoms with Crippen molar-refractivity contribution >= 4 is 18.7 Å². The maximum atomic E-state index is 9.94. The van der Waals surface area contributed by atoms with Gasteiger partial charge in [-0.2, -0.15) is 0 Å².